The first kappa shape index (κ1) is 8.48. The largest absolute Gasteiger partial charge is 0.323 e. The maximum Gasteiger partial charge on any atom is 0.322 e. The SMILES string of the molecule is O=C1NC(=O)C(C2NC(=O)NC2=O)N1. The molecule has 0 aromatic rings. The minimum atomic E-state index is -1.03. The van der Waals surface area contributed by atoms with Crippen LogP contribution in [0, 0.1) is 0 Å². The van der Waals surface area contributed by atoms with Crippen molar-refractivity contribution in [3.05, 3.63) is 0 Å². The lowest BCUT2D eigenvalue weighted by atomic mass is 10.1. The van der Waals surface area contributed by atoms with Gasteiger partial charge in [0.25, 0.3) is 11.8 Å². The zero-order chi connectivity index (χ0) is 10.3. The van der Waals surface area contributed by atoms with Gasteiger partial charge in [-0.2, -0.15) is 0 Å². The standard InChI is InChI=1S/C6H6N4O4/c11-3-1(7-5(13)9-3)2-4(12)10-6(14)8-2/h1-2H,(H2,7,9,11,13)(H2,8,10,12,14). The van der Waals surface area contributed by atoms with Gasteiger partial charge >= 0.3 is 12.1 Å². The predicted molar refractivity (Wildman–Crippen MR) is 40.9 cm³/mol. The molecular formula is C6H6N4O4. The van der Waals surface area contributed by atoms with Crippen LogP contribution in [0.5, 0.6) is 0 Å². The molecule has 6 amide bonds. The molecule has 2 aliphatic heterocycles. The van der Waals surface area contributed by atoms with Gasteiger partial charge in [-0.25, -0.2) is 9.59 Å². The van der Waals surface area contributed by atoms with Crippen molar-refractivity contribution in [2.45, 2.75) is 12.1 Å². The molecule has 2 heterocycles. The second-order valence-corrected chi connectivity index (χ2v) is 2.88. The Hall–Kier alpha value is -2.12. The number of carbonyl (C=O) groups excluding carboxylic acids is 4. The second-order valence-electron chi connectivity index (χ2n) is 2.88. The molecule has 8 heteroatoms. The van der Waals surface area contributed by atoms with Gasteiger partial charge in [-0.15, -0.1) is 0 Å². The van der Waals surface area contributed by atoms with Gasteiger partial charge < -0.3 is 10.6 Å². The van der Waals surface area contributed by atoms with Crippen LogP contribution in [0.3, 0.4) is 0 Å². The molecule has 0 radical (unpaired) electrons. The normalized spacial score (nSPS) is 30.9. The van der Waals surface area contributed by atoms with Crippen LogP contribution < -0.4 is 21.3 Å². The van der Waals surface area contributed by atoms with Crippen molar-refractivity contribution in [3.63, 3.8) is 0 Å². The predicted octanol–water partition coefficient (Wildman–Crippen LogP) is -2.60. The Labute approximate surface area is 77.4 Å². The van der Waals surface area contributed by atoms with Crippen molar-refractivity contribution in [3.8, 4) is 0 Å². The third-order valence-electron chi connectivity index (χ3n) is 1.94. The van der Waals surface area contributed by atoms with Gasteiger partial charge in [-0.05, 0) is 0 Å². The molecule has 0 aromatic heterocycles. The molecule has 0 spiro atoms. The molecule has 2 fully saturated rings. The molecule has 0 saturated carbocycles. The van der Waals surface area contributed by atoms with E-state index < -0.39 is 36.0 Å². The van der Waals surface area contributed by atoms with E-state index in [1.165, 1.54) is 0 Å². The molecule has 0 aromatic carbocycles. The molecule has 8 nitrogen and oxygen atoms in total. The number of nitrogens with one attached hydrogen (secondary N) is 4. The Morgan fingerprint density at radius 1 is 0.714 bits per heavy atom. The van der Waals surface area contributed by atoms with Gasteiger partial charge in [0.05, 0.1) is 0 Å². The van der Waals surface area contributed by atoms with E-state index in [9.17, 15) is 19.2 Å². The fourth-order valence-corrected chi connectivity index (χ4v) is 1.33. The summed E-state index contributed by atoms with van der Waals surface area (Å²) in [4.78, 5) is 43.6. The summed E-state index contributed by atoms with van der Waals surface area (Å²) >= 11 is 0. The average molecular weight is 198 g/mol. The van der Waals surface area contributed by atoms with Gasteiger partial charge in [0.1, 0.15) is 12.1 Å². The highest BCUT2D eigenvalue weighted by Gasteiger charge is 2.44. The van der Waals surface area contributed by atoms with E-state index in [2.05, 4.69) is 10.6 Å². The number of urea groups is 2. The van der Waals surface area contributed by atoms with Crippen molar-refractivity contribution in [1.82, 2.24) is 21.3 Å². The molecule has 74 valence electrons. The average Bonchev–Trinajstić information content (AvgIpc) is 2.55. The summed E-state index contributed by atoms with van der Waals surface area (Å²) < 4.78 is 0. The zero-order valence-corrected chi connectivity index (χ0v) is 6.79. The van der Waals surface area contributed by atoms with E-state index in [1.807, 2.05) is 10.6 Å². The van der Waals surface area contributed by atoms with E-state index in [4.69, 9.17) is 0 Å². The number of hydrogen-bond donors (Lipinski definition) is 4. The van der Waals surface area contributed by atoms with Crippen LogP contribution >= 0.6 is 0 Å². The van der Waals surface area contributed by atoms with E-state index >= 15 is 0 Å². The highest BCUT2D eigenvalue weighted by molar-refractivity contribution is 6.12. The maximum absolute atomic E-state index is 11.1. The molecule has 2 saturated heterocycles. The van der Waals surface area contributed by atoms with Crippen LogP contribution in [0.15, 0.2) is 0 Å². The summed E-state index contributed by atoms with van der Waals surface area (Å²) in [6.45, 7) is 0. The molecule has 4 N–H and O–H groups in total. The van der Waals surface area contributed by atoms with Crippen LogP contribution in [-0.2, 0) is 9.59 Å². The minimum absolute atomic E-state index is 0.627. The summed E-state index contributed by atoms with van der Waals surface area (Å²) in [5.41, 5.74) is 0. The third-order valence-corrected chi connectivity index (χ3v) is 1.94. The molecular weight excluding hydrogens is 192 g/mol. The van der Waals surface area contributed by atoms with E-state index in [0.29, 0.717) is 0 Å². The Bertz CT molecular complexity index is 318. The van der Waals surface area contributed by atoms with Crippen molar-refractivity contribution in [1.29, 1.82) is 0 Å². The molecule has 2 atom stereocenters. The summed E-state index contributed by atoms with van der Waals surface area (Å²) in [5.74, 6) is -1.25. The monoisotopic (exact) mass is 198 g/mol. The lowest BCUT2D eigenvalue weighted by molar-refractivity contribution is -0.126. The number of imide groups is 2. The lowest BCUT2D eigenvalue weighted by Crippen LogP contribution is -2.50. The third kappa shape index (κ3) is 1.16. The number of carbonyl (C=O) groups is 4. The Morgan fingerprint density at radius 3 is 1.29 bits per heavy atom. The molecule has 0 aliphatic carbocycles. The lowest BCUT2D eigenvalue weighted by Gasteiger charge is -2.11. The van der Waals surface area contributed by atoms with E-state index in [1.54, 1.807) is 0 Å². The topological polar surface area (TPSA) is 116 Å². The van der Waals surface area contributed by atoms with Crippen LogP contribution in [0.2, 0.25) is 0 Å². The molecule has 2 unspecified atom stereocenters. The van der Waals surface area contributed by atoms with E-state index in [0.717, 1.165) is 0 Å². The van der Waals surface area contributed by atoms with Crippen LogP contribution in [0.4, 0.5) is 9.59 Å². The summed E-state index contributed by atoms with van der Waals surface area (Å²) in [7, 11) is 0. The fraction of sp³-hybridized carbons (Fsp3) is 0.333. The van der Waals surface area contributed by atoms with Crippen molar-refractivity contribution >= 4 is 23.9 Å². The minimum Gasteiger partial charge on any atom is -0.323 e. The van der Waals surface area contributed by atoms with Crippen LogP contribution in [0.25, 0.3) is 0 Å². The second kappa shape index (κ2) is 2.69. The Kier molecular flexibility index (Phi) is 1.63. The highest BCUT2D eigenvalue weighted by atomic mass is 16.2. The molecule has 2 rings (SSSR count). The molecule has 2 aliphatic rings. The van der Waals surface area contributed by atoms with E-state index in [-0.39, 0.29) is 0 Å². The summed E-state index contributed by atoms with van der Waals surface area (Å²) in [6.07, 6.45) is 0. The van der Waals surface area contributed by atoms with Crippen molar-refractivity contribution in [2.24, 2.45) is 0 Å². The first-order chi connectivity index (χ1) is 6.58. The first-order valence-electron chi connectivity index (χ1n) is 3.80. The van der Waals surface area contributed by atoms with Gasteiger partial charge in [-0.1, -0.05) is 0 Å². The van der Waals surface area contributed by atoms with Crippen LogP contribution in [0.1, 0.15) is 0 Å². The fourth-order valence-electron chi connectivity index (χ4n) is 1.33. The summed E-state index contributed by atoms with van der Waals surface area (Å²) in [6, 6.07) is -3.41. The van der Waals surface area contributed by atoms with Gasteiger partial charge in [0.15, 0.2) is 0 Å². The quantitative estimate of drug-likeness (QED) is 0.346. The number of amides is 6. The maximum atomic E-state index is 11.1. The highest BCUT2D eigenvalue weighted by Crippen LogP contribution is 2.04. The van der Waals surface area contributed by atoms with Crippen molar-refractivity contribution < 1.29 is 19.2 Å². The smallest absolute Gasteiger partial charge is 0.322 e. The van der Waals surface area contributed by atoms with Gasteiger partial charge in [0, 0.05) is 0 Å². The number of rotatable bonds is 1. The van der Waals surface area contributed by atoms with Crippen molar-refractivity contribution in [2.75, 3.05) is 0 Å². The zero-order valence-electron chi connectivity index (χ0n) is 6.79. The summed E-state index contributed by atoms with van der Waals surface area (Å²) in [5, 5.41) is 8.36. The first-order valence-corrected chi connectivity index (χ1v) is 3.80. The Morgan fingerprint density at radius 2 is 1.07 bits per heavy atom. The van der Waals surface area contributed by atoms with Gasteiger partial charge in [0.2, 0.25) is 0 Å². The Balaban J connectivity index is 2.16. The van der Waals surface area contributed by atoms with Gasteiger partial charge in [-0.3, -0.25) is 20.2 Å². The number of hydrogen-bond acceptors (Lipinski definition) is 4. The molecule has 14 heavy (non-hydrogen) atoms. The molecule has 0 bridgehead atoms. The van der Waals surface area contributed by atoms with Crippen LogP contribution in [-0.4, -0.2) is 36.0 Å².